The quantitative estimate of drug-likeness (QED) is 0.204. The van der Waals surface area contributed by atoms with E-state index in [1.54, 1.807) is 19.0 Å². The molecule has 3 heteroatoms. The number of guanidine groups is 1. The molecule has 0 amide bonds. The van der Waals surface area contributed by atoms with Crippen molar-refractivity contribution in [1.82, 2.24) is 9.80 Å². The monoisotopic (exact) mass is 139 g/mol. The summed E-state index contributed by atoms with van der Waals surface area (Å²) in [7, 11) is 7.30. The summed E-state index contributed by atoms with van der Waals surface area (Å²) in [4.78, 5) is 7.47. The van der Waals surface area contributed by atoms with Crippen molar-refractivity contribution in [3.05, 3.63) is 0 Å². The molecule has 0 aliphatic rings. The summed E-state index contributed by atoms with van der Waals surface area (Å²) in [5.74, 6) is 0.780. The van der Waals surface area contributed by atoms with Crippen molar-refractivity contribution < 1.29 is 0 Å². The molecule has 0 spiro atoms. The third-order valence-electron chi connectivity index (χ3n) is 1.09. The average Bonchev–Trinajstić information content (AvgIpc) is 1.88. The average molecular weight is 139 g/mol. The van der Waals surface area contributed by atoms with Gasteiger partial charge in [-0.25, -0.2) is 0 Å². The molecule has 0 heterocycles. The highest BCUT2D eigenvalue weighted by molar-refractivity contribution is 5.80. The maximum Gasteiger partial charge on any atom is 0.207 e. The summed E-state index contributed by atoms with van der Waals surface area (Å²) in [6.07, 6.45) is 5.15. The molecule has 0 aromatic carbocycles. The lowest BCUT2D eigenvalue weighted by Crippen LogP contribution is -2.34. The van der Waals surface area contributed by atoms with Gasteiger partial charge in [-0.15, -0.1) is 0 Å². The number of nitrogens with zero attached hydrogens (tertiary/aromatic N) is 3. The fourth-order valence-corrected chi connectivity index (χ4v) is 0.708. The van der Waals surface area contributed by atoms with E-state index in [0.717, 1.165) is 5.96 Å². The van der Waals surface area contributed by atoms with Crippen LogP contribution >= 0.6 is 0 Å². The van der Waals surface area contributed by atoms with Gasteiger partial charge in [-0.3, -0.25) is 9.89 Å². The highest BCUT2D eigenvalue weighted by atomic mass is 15.3. The molecule has 0 saturated heterocycles. The Labute approximate surface area is 62.3 Å². The molecular formula is C7H13N3. The molecule has 0 fully saturated rings. The van der Waals surface area contributed by atoms with Crippen molar-refractivity contribution in [1.29, 1.82) is 0 Å². The summed E-state index contributed by atoms with van der Waals surface area (Å²) in [5, 5.41) is 0. The third-order valence-corrected chi connectivity index (χ3v) is 1.09. The van der Waals surface area contributed by atoms with E-state index in [2.05, 4.69) is 11.0 Å². The molecule has 0 atom stereocenters. The Morgan fingerprint density at radius 1 is 1.40 bits per heavy atom. The molecule has 0 saturated carbocycles. The summed E-state index contributed by atoms with van der Waals surface area (Å²) < 4.78 is 0. The van der Waals surface area contributed by atoms with E-state index < -0.39 is 0 Å². The minimum Gasteiger partial charge on any atom is -0.348 e. The van der Waals surface area contributed by atoms with Crippen LogP contribution in [0, 0.1) is 12.5 Å². The normalized spacial score (nSPS) is 10.5. The van der Waals surface area contributed by atoms with Gasteiger partial charge < -0.3 is 4.90 Å². The summed E-state index contributed by atoms with van der Waals surface area (Å²) in [5.41, 5.74) is 0. The molecule has 0 aromatic heterocycles. The van der Waals surface area contributed by atoms with Gasteiger partial charge in [0, 0.05) is 34.2 Å². The molecule has 0 aliphatic carbocycles. The van der Waals surface area contributed by atoms with Crippen LogP contribution in [-0.2, 0) is 0 Å². The zero-order chi connectivity index (χ0) is 8.15. The number of terminal acetylenes is 1. The van der Waals surface area contributed by atoms with Gasteiger partial charge in [-0.05, 0) is 0 Å². The Bertz CT molecular complexity index is 164. The predicted molar refractivity (Wildman–Crippen MR) is 43.6 cm³/mol. The van der Waals surface area contributed by atoms with Crippen LogP contribution in [0.1, 0.15) is 0 Å². The Morgan fingerprint density at radius 2 is 1.90 bits per heavy atom. The van der Waals surface area contributed by atoms with E-state index in [1.807, 2.05) is 19.0 Å². The van der Waals surface area contributed by atoms with Crippen molar-refractivity contribution in [3.8, 4) is 12.5 Å². The van der Waals surface area contributed by atoms with Gasteiger partial charge in [0.05, 0.1) is 0 Å². The number of hydrogen-bond donors (Lipinski definition) is 0. The van der Waals surface area contributed by atoms with Gasteiger partial charge in [0.25, 0.3) is 0 Å². The second-order valence-corrected chi connectivity index (χ2v) is 2.11. The zero-order valence-electron chi connectivity index (χ0n) is 6.92. The van der Waals surface area contributed by atoms with Crippen LogP contribution in [0.5, 0.6) is 0 Å². The molecule has 56 valence electrons. The third kappa shape index (κ3) is 1.98. The van der Waals surface area contributed by atoms with Gasteiger partial charge in [0.15, 0.2) is 0 Å². The Hall–Kier alpha value is -1.17. The van der Waals surface area contributed by atoms with Crippen molar-refractivity contribution >= 4 is 5.96 Å². The van der Waals surface area contributed by atoms with E-state index in [0.29, 0.717) is 0 Å². The molecule has 0 N–H and O–H groups in total. The first-order chi connectivity index (χ1) is 4.63. The first-order valence-corrected chi connectivity index (χ1v) is 2.97. The molecule has 0 aromatic rings. The minimum atomic E-state index is 0.780. The lowest BCUT2D eigenvalue weighted by molar-refractivity contribution is 0.522. The highest BCUT2D eigenvalue weighted by Crippen LogP contribution is 1.87. The van der Waals surface area contributed by atoms with Crippen molar-refractivity contribution in [2.24, 2.45) is 4.99 Å². The molecule has 0 unspecified atom stereocenters. The minimum absolute atomic E-state index is 0.780. The SMILES string of the molecule is C#CN(C)C(=NC)N(C)C. The second-order valence-electron chi connectivity index (χ2n) is 2.11. The first kappa shape index (κ1) is 8.83. The van der Waals surface area contributed by atoms with Crippen molar-refractivity contribution in [2.75, 3.05) is 28.2 Å². The zero-order valence-corrected chi connectivity index (χ0v) is 6.92. The topological polar surface area (TPSA) is 18.8 Å². The van der Waals surface area contributed by atoms with Crippen LogP contribution in [0.15, 0.2) is 4.99 Å². The van der Waals surface area contributed by atoms with E-state index in [9.17, 15) is 0 Å². The maximum atomic E-state index is 5.15. The lowest BCUT2D eigenvalue weighted by atomic mass is 10.7. The van der Waals surface area contributed by atoms with Crippen LogP contribution < -0.4 is 0 Å². The first-order valence-electron chi connectivity index (χ1n) is 2.97. The fraction of sp³-hybridized carbons (Fsp3) is 0.571. The van der Waals surface area contributed by atoms with E-state index in [1.165, 1.54) is 0 Å². The summed E-state index contributed by atoms with van der Waals surface area (Å²) >= 11 is 0. The van der Waals surface area contributed by atoms with Gasteiger partial charge in [-0.2, -0.15) is 0 Å². The summed E-state index contributed by atoms with van der Waals surface area (Å²) in [6.45, 7) is 0. The number of aliphatic imine (C=N–C) groups is 1. The summed E-state index contributed by atoms with van der Waals surface area (Å²) in [6, 6.07) is 2.46. The maximum absolute atomic E-state index is 5.15. The largest absolute Gasteiger partial charge is 0.348 e. The lowest BCUT2D eigenvalue weighted by Gasteiger charge is -2.20. The van der Waals surface area contributed by atoms with Crippen LogP contribution in [0.4, 0.5) is 0 Å². The predicted octanol–water partition coefficient (Wildman–Crippen LogP) is 0.0563. The van der Waals surface area contributed by atoms with Gasteiger partial charge in [-0.1, -0.05) is 6.42 Å². The Morgan fingerprint density at radius 3 is 2.00 bits per heavy atom. The number of hydrogen-bond acceptors (Lipinski definition) is 1. The molecule has 0 radical (unpaired) electrons. The molecule has 0 rings (SSSR count). The van der Waals surface area contributed by atoms with Gasteiger partial charge in [0.1, 0.15) is 0 Å². The molecular weight excluding hydrogens is 126 g/mol. The van der Waals surface area contributed by atoms with Crippen molar-refractivity contribution in [3.63, 3.8) is 0 Å². The van der Waals surface area contributed by atoms with E-state index >= 15 is 0 Å². The second kappa shape index (κ2) is 3.78. The van der Waals surface area contributed by atoms with Crippen LogP contribution in [0.3, 0.4) is 0 Å². The smallest absolute Gasteiger partial charge is 0.207 e. The van der Waals surface area contributed by atoms with E-state index in [-0.39, 0.29) is 0 Å². The van der Waals surface area contributed by atoms with E-state index in [4.69, 9.17) is 6.42 Å². The van der Waals surface area contributed by atoms with Crippen molar-refractivity contribution in [2.45, 2.75) is 0 Å². The van der Waals surface area contributed by atoms with Crippen LogP contribution in [-0.4, -0.2) is 44.0 Å². The van der Waals surface area contributed by atoms with Gasteiger partial charge >= 0.3 is 0 Å². The highest BCUT2D eigenvalue weighted by Gasteiger charge is 2.02. The molecule has 0 bridgehead atoms. The Kier molecular flexibility index (Phi) is 3.34. The number of rotatable bonds is 0. The van der Waals surface area contributed by atoms with Gasteiger partial charge in [0.2, 0.25) is 5.96 Å². The molecule has 0 aliphatic heterocycles. The fourth-order valence-electron chi connectivity index (χ4n) is 0.708. The molecule has 3 nitrogen and oxygen atoms in total. The van der Waals surface area contributed by atoms with Crippen LogP contribution in [0.2, 0.25) is 0 Å². The Balaban J connectivity index is 4.27. The van der Waals surface area contributed by atoms with Crippen LogP contribution in [0.25, 0.3) is 0 Å². The molecule has 10 heavy (non-hydrogen) atoms. The standard InChI is InChI=1S/C7H13N3/c1-6-10(5)7(8-2)9(3)4/h1H,2-5H3.